The van der Waals surface area contributed by atoms with Crippen LogP contribution in [0.3, 0.4) is 0 Å². The molecule has 2 amide bonds. The number of rotatable bonds is 16. The number of carboxylic acids is 2. The standard InChI is InChI=1S/C23H42N2O6/c1-16(2)11-9-7-8-10-14-24-18(26)13-12-17(19(27)28)25-20(29)22(3,4)15-23(5,6)21(30)31/h16-17H,7-15H2,1-6H3,(H,24,26)(H,25,29)(H,27,28)(H,30,31). The van der Waals surface area contributed by atoms with Gasteiger partial charge in [0, 0.05) is 18.4 Å². The molecule has 0 heterocycles. The Morgan fingerprint density at radius 2 is 1.42 bits per heavy atom. The monoisotopic (exact) mass is 442 g/mol. The molecule has 0 spiro atoms. The Morgan fingerprint density at radius 1 is 0.839 bits per heavy atom. The molecule has 0 aliphatic carbocycles. The van der Waals surface area contributed by atoms with Crippen molar-refractivity contribution in [1.82, 2.24) is 10.6 Å². The summed E-state index contributed by atoms with van der Waals surface area (Å²) in [4.78, 5) is 47.5. The molecule has 0 aromatic heterocycles. The van der Waals surface area contributed by atoms with Crippen molar-refractivity contribution in [2.75, 3.05) is 6.54 Å². The molecule has 0 saturated heterocycles. The van der Waals surface area contributed by atoms with Crippen LogP contribution in [0.15, 0.2) is 0 Å². The van der Waals surface area contributed by atoms with E-state index in [1.165, 1.54) is 26.7 Å². The summed E-state index contributed by atoms with van der Waals surface area (Å²) in [6.07, 6.45) is 5.47. The topological polar surface area (TPSA) is 133 Å². The summed E-state index contributed by atoms with van der Waals surface area (Å²) >= 11 is 0. The molecular formula is C23H42N2O6. The smallest absolute Gasteiger partial charge is 0.326 e. The first kappa shape index (κ1) is 28.9. The van der Waals surface area contributed by atoms with E-state index in [9.17, 15) is 29.4 Å². The maximum atomic E-state index is 12.6. The number of unbranched alkanes of at least 4 members (excludes halogenated alkanes) is 3. The molecule has 0 fully saturated rings. The lowest BCUT2D eigenvalue weighted by molar-refractivity contribution is -0.151. The summed E-state index contributed by atoms with van der Waals surface area (Å²) < 4.78 is 0. The Morgan fingerprint density at radius 3 is 1.94 bits per heavy atom. The van der Waals surface area contributed by atoms with E-state index in [1.807, 2.05) is 0 Å². The van der Waals surface area contributed by atoms with Gasteiger partial charge in [0.15, 0.2) is 0 Å². The van der Waals surface area contributed by atoms with Gasteiger partial charge in [-0.1, -0.05) is 53.4 Å². The summed E-state index contributed by atoms with van der Waals surface area (Å²) in [6.45, 7) is 11.2. The van der Waals surface area contributed by atoms with Crippen LogP contribution in [-0.2, 0) is 19.2 Å². The van der Waals surface area contributed by atoms with Crippen LogP contribution >= 0.6 is 0 Å². The molecule has 4 N–H and O–H groups in total. The highest BCUT2D eigenvalue weighted by Crippen LogP contribution is 2.34. The van der Waals surface area contributed by atoms with Gasteiger partial charge < -0.3 is 20.8 Å². The second-order valence-electron chi connectivity index (χ2n) is 10.1. The minimum absolute atomic E-state index is 0.00829. The SMILES string of the molecule is CC(C)CCCCCCNC(=O)CCC(NC(=O)C(C)(C)CC(C)(C)C(=O)O)C(=O)O. The van der Waals surface area contributed by atoms with E-state index in [0.29, 0.717) is 12.5 Å². The predicted octanol–water partition coefficient (Wildman–Crippen LogP) is 3.59. The van der Waals surface area contributed by atoms with Crippen molar-refractivity contribution in [3.8, 4) is 0 Å². The summed E-state index contributed by atoms with van der Waals surface area (Å²) in [6, 6.07) is -1.21. The fourth-order valence-corrected chi connectivity index (χ4v) is 3.49. The number of hydrogen-bond acceptors (Lipinski definition) is 4. The largest absolute Gasteiger partial charge is 0.481 e. The van der Waals surface area contributed by atoms with Gasteiger partial charge in [-0.3, -0.25) is 14.4 Å². The van der Waals surface area contributed by atoms with Crippen LogP contribution in [0.4, 0.5) is 0 Å². The average Bonchev–Trinajstić information content (AvgIpc) is 2.62. The fourth-order valence-electron chi connectivity index (χ4n) is 3.49. The zero-order valence-corrected chi connectivity index (χ0v) is 20.0. The molecule has 0 aromatic carbocycles. The van der Waals surface area contributed by atoms with E-state index in [2.05, 4.69) is 24.5 Å². The van der Waals surface area contributed by atoms with Crippen LogP contribution in [-0.4, -0.2) is 46.6 Å². The van der Waals surface area contributed by atoms with Crippen LogP contribution < -0.4 is 10.6 Å². The number of hydrogen-bond donors (Lipinski definition) is 4. The summed E-state index contributed by atoms with van der Waals surface area (Å²) in [7, 11) is 0. The van der Waals surface area contributed by atoms with Gasteiger partial charge in [0.1, 0.15) is 6.04 Å². The molecule has 1 unspecified atom stereocenters. The van der Waals surface area contributed by atoms with Crippen molar-refractivity contribution in [1.29, 1.82) is 0 Å². The molecule has 8 heteroatoms. The molecule has 0 aliphatic heterocycles. The van der Waals surface area contributed by atoms with E-state index in [1.54, 1.807) is 13.8 Å². The van der Waals surface area contributed by atoms with Gasteiger partial charge in [-0.2, -0.15) is 0 Å². The molecule has 0 bridgehead atoms. The van der Waals surface area contributed by atoms with Crippen molar-refractivity contribution in [3.05, 3.63) is 0 Å². The number of carboxylic acid groups (broad SMARTS) is 2. The molecule has 0 saturated carbocycles. The third-order valence-electron chi connectivity index (χ3n) is 5.37. The van der Waals surface area contributed by atoms with Gasteiger partial charge in [0.2, 0.25) is 11.8 Å². The van der Waals surface area contributed by atoms with Crippen LogP contribution in [0.2, 0.25) is 0 Å². The van der Waals surface area contributed by atoms with E-state index < -0.39 is 34.7 Å². The normalized spacial score (nSPS) is 13.0. The molecule has 0 radical (unpaired) electrons. The lowest BCUT2D eigenvalue weighted by Gasteiger charge is -2.32. The third kappa shape index (κ3) is 12.4. The maximum Gasteiger partial charge on any atom is 0.326 e. The van der Waals surface area contributed by atoms with E-state index in [0.717, 1.165) is 19.3 Å². The second kappa shape index (κ2) is 13.3. The summed E-state index contributed by atoms with van der Waals surface area (Å²) in [5.41, 5.74) is -2.21. The molecule has 0 aromatic rings. The lowest BCUT2D eigenvalue weighted by Crippen LogP contribution is -2.48. The fraction of sp³-hybridized carbons (Fsp3) is 0.826. The Hall–Kier alpha value is -2.12. The van der Waals surface area contributed by atoms with E-state index in [-0.39, 0.29) is 25.2 Å². The molecule has 8 nitrogen and oxygen atoms in total. The first-order chi connectivity index (χ1) is 14.2. The predicted molar refractivity (Wildman–Crippen MR) is 120 cm³/mol. The highest BCUT2D eigenvalue weighted by Gasteiger charge is 2.40. The first-order valence-electron chi connectivity index (χ1n) is 11.2. The van der Waals surface area contributed by atoms with Crippen molar-refractivity contribution >= 4 is 23.8 Å². The van der Waals surface area contributed by atoms with Gasteiger partial charge in [-0.25, -0.2) is 4.79 Å². The molecule has 0 rings (SSSR count). The van der Waals surface area contributed by atoms with Crippen LogP contribution in [0.25, 0.3) is 0 Å². The van der Waals surface area contributed by atoms with E-state index >= 15 is 0 Å². The van der Waals surface area contributed by atoms with Crippen molar-refractivity contribution in [2.45, 2.75) is 99.0 Å². The number of amides is 2. The highest BCUT2D eigenvalue weighted by atomic mass is 16.4. The molecule has 0 aliphatic rings. The minimum atomic E-state index is -1.22. The van der Waals surface area contributed by atoms with Gasteiger partial charge in [-0.15, -0.1) is 0 Å². The summed E-state index contributed by atoms with van der Waals surface area (Å²) in [5.74, 6) is -2.33. The molecule has 31 heavy (non-hydrogen) atoms. The quantitative estimate of drug-likeness (QED) is 0.270. The van der Waals surface area contributed by atoms with Crippen molar-refractivity contribution in [2.24, 2.45) is 16.7 Å². The van der Waals surface area contributed by atoms with Crippen molar-refractivity contribution in [3.63, 3.8) is 0 Å². The van der Waals surface area contributed by atoms with Gasteiger partial charge in [0.25, 0.3) is 0 Å². The van der Waals surface area contributed by atoms with Gasteiger partial charge >= 0.3 is 11.9 Å². The lowest BCUT2D eigenvalue weighted by atomic mass is 9.74. The second-order valence-corrected chi connectivity index (χ2v) is 10.1. The number of nitrogens with one attached hydrogen (secondary N) is 2. The highest BCUT2D eigenvalue weighted by molar-refractivity contribution is 5.88. The van der Waals surface area contributed by atoms with Crippen molar-refractivity contribution < 1.29 is 29.4 Å². The Kier molecular flexibility index (Phi) is 12.4. The number of carbonyl (C=O) groups excluding carboxylic acids is 2. The number of aliphatic carboxylic acids is 2. The zero-order valence-electron chi connectivity index (χ0n) is 20.0. The van der Waals surface area contributed by atoms with Crippen LogP contribution in [0.1, 0.15) is 92.9 Å². The number of carbonyl (C=O) groups is 4. The Balaban J connectivity index is 4.45. The average molecular weight is 443 g/mol. The zero-order chi connectivity index (χ0) is 24.2. The molecular weight excluding hydrogens is 400 g/mol. The summed E-state index contributed by atoms with van der Waals surface area (Å²) in [5, 5.41) is 24.0. The van der Waals surface area contributed by atoms with E-state index in [4.69, 9.17) is 0 Å². The Bertz CT molecular complexity index is 613. The Labute approximate surface area is 186 Å². The molecule has 180 valence electrons. The van der Waals surface area contributed by atoms with Crippen LogP contribution in [0.5, 0.6) is 0 Å². The van der Waals surface area contributed by atoms with Crippen LogP contribution in [0, 0.1) is 16.7 Å². The molecule has 1 atom stereocenters. The first-order valence-corrected chi connectivity index (χ1v) is 11.2. The maximum absolute atomic E-state index is 12.6. The van der Waals surface area contributed by atoms with Gasteiger partial charge in [0.05, 0.1) is 5.41 Å². The van der Waals surface area contributed by atoms with Gasteiger partial charge in [-0.05, 0) is 39.0 Å². The minimum Gasteiger partial charge on any atom is -0.481 e. The third-order valence-corrected chi connectivity index (χ3v) is 5.37.